The van der Waals surface area contributed by atoms with Gasteiger partial charge < -0.3 is 5.73 Å². The highest BCUT2D eigenvalue weighted by molar-refractivity contribution is 9.10. The smallest absolute Gasteiger partial charge is 0.0481 e. The Morgan fingerprint density at radius 1 is 1.35 bits per heavy atom. The summed E-state index contributed by atoms with van der Waals surface area (Å²) in [5.74, 6) is 1.65. The zero-order valence-corrected chi connectivity index (χ0v) is 14.6. The predicted octanol–water partition coefficient (Wildman–Crippen LogP) is 4.47. The Hall–Kier alpha value is -0.0900. The molecular weight excluding hydrogens is 336 g/mol. The summed E-state index contributed by atoms with van der Waals surface area (Å²) < 4.78 is 1.06. The van der Waals surface area contributed by atoms with Crippen LogP contribution in [0.3, 0.4) is 0 Å². The predicted molar refractivity (Wildman–Crippen MR) is 90.1 cm³/mol. The number of nitrogens with zero attached hydrogens (tertiary/aromatic N) is 1. The van der Waals surface area contributed by atoms with E-state index in [1.165, 1.54) is 18.4 Å². The molecule has 2 nitrogen and oxygen atoms in total. The normalized spacial score (nSPS) is 19.5. The van der Waals surface area contributed by atoms with E-state index in [0.29, 0.717) is 6.54 Å². The summed E-state index contributed by atoms with van der Waals surface area (Å²) in [4.78, 5) is 2.52. The van der Waals surface area contributed by atoms with Crippen LogP contribution < -0.4 is 5.73 Å². The first-order valence-corrected chi connectivity index (χ1v) is 8.59. The molecule has 1 fully saturated rings. The van der Waals surface area contributed by atoms with Crippen molar-refractivity contribution in [3.05, 3.63) is 33.3 Å². The van der Waals surface area contributed by atoms with Gasteiger partial charge in [-0.1, -0.05) is 47.4 Å². The van der Waals surface area contributed by atoms with Crippen LogP contribution in [-0.4, -0.2) is 24.5 Å². The zero-order valence-electron chi connectivity index (χ0n) is 12.3. The highest BCUT2D eigenvalue weighted by Gasteiger charge is 2.27. The highest BCUT2D eigenvalue weighted by Crippen LogP contribution is 2.33. The van der Waals surface area contributed by atoms with Crippen LogP contribution >= 0.6 is 27.5 Å². The third-order valence-electron chi connectivity index (χ3n) is 4.50. The number of rotatable bonds is 4. The van der Waals surface area contributed by atoms with Crippen molar-refractivity contribution in [1.29, 1.82) is 0 Å². The van der Waals surface area contributed by atoms with Gasteiger partial charge in [0.1, 0.15) is 0 Å². The minimum atomic E-state index is 0.287. The van der Waals surface area contributed by atoms with Gasteiger partial charge in [0.2, 0.25) is 0 Å². The fourth-order valence-electron chi connectivity index (χ4n) is 3.14. The van der Waals surface area contributed by atoms with Crippen LogP contribution in [0.1, 0.15) is 38.3 Å². The molecule has 0 aliphatic carbocycles. The van der Waals surface area contributed by atoms with Crippen LogP contribution in [0.2, 0.25) is 5.02 Å². The molecule has 0 spiro atoms. The minimum Gasteiger partial charge on any atom is -0.329 e. The SMILES string of the molecule is CC(C)C1CCN(C(CN)c2ccc(Cl)cc2Br)CC1. The second kappa shape index (κ2) is 7.26. The van der Waals surface area contributed by atoms with Crippen molar-refractivity contribution in [1.82, 2.24) is 4.90 Å². The van der Waals surface area contributed by atoms with Gasteiger partial charge in [0, 0.05) is 22.1 Å². The van der Waals surface area contributed by atoms with E-state index in [4.69, 9.17) is 17.3 Å². The molecule has 0 aromatic heterocycles. The third-order valence-corrected chi connectivity index (χ3v) is 5.42. The largest absolute Gasteiger partial charge is 0.329 e. The van der Waals surface area contributed by atoms with Gasteiger partial charge in [-0.15, -0.1) is 0 Å². The lowest BCUT2D eigenvalue weighted by Crippen LogP contribution is -2.40. The molecule has 1 unspecified atom stereocenters. The maximum atomic E-state index is 6.04. The van der Waals surface area contributed by atoms with Crippen LogP contribution in [0.25, 0.3) is 0 Å². The molecule has 20 heavy (non-hydrogen) atoms. The number of nitrogens with two attached hydrogens (primary N) is 1. The quantitative estimate of drug-likeness (QED) is 0.859. The summed E-state index contributed by atoms with van der Waals surface area (Å²) in [5.41, 5.74) is 7.29. The summed E-state index contributed by atoms with van der Waals surface area (Å²) >= 11 is 9.65. The van der Waals surface area contributed by atoms with Crippen LogP contribution in [0.4, 0.5) is 0 Å². The van der Waals surface area contributed by atoms with E-state index in [9.17, 15) is 0 Å². The van der Waals surface area contributed by atoms with Gasteiger partial charge in [0.05, 0.1) is 0 Å². The number of likely N-dealkylation sites (tertiary alicyclic amines) is 1. The Bertz CT molecular complexity index is 442. The van der Waals surface area contributed by atoms with E-state index in [0.717, 1.165) is 34.4 Å². The van der Waals surface area contributed by atoms with Gasteiger partial charge in [0.25, 0.3) is 0 Å². The van der Waals surface area contributed by atoms with Gasteiger partial charge >= 0.3 is 0 Å². The second-order valence-corrected chi connectivity index (χ2v) is 7.33. The number of hydrogen-bond acceptors (Lipinski definition) is 2. The molecule has 0 saturated carbocycles. The maximum absolute atomic E-state index is 6.04. The van der Waals surface area contributed by atoms with Gasteiger partial charge in [-0.3, -0.25) is 4.90 Å². The van der Waals surface area contributed by atoms with Gasteiger partial charge in [-0.25, -0.2) is 0 Å². The van der Waals surface area contributed by atoms with E-state index in [1.807, 2.05) is 12.1 Å². The van der Waals surface area contributed by atoms with E-state index in [2.05, 4.69) is 40.7 Å². The summed E-state index contributed by atoms with van der Waals surface area (Å²) in [6.45, 7) is 7.58. The molecule has 1 atom stereocenters. The maximum Gasteiger partial charge on any atom is 0.0481 e. The number of hydrogen-bond donors (Lipinski definition) is 1. The molecule has 2 rings (SSSR count). The molecule has 1 heterocycles. The first kappa shape index (κ1) is 16.3. The molecule has 0 radical (unpaired) electrons. The van der Waals surface area contributed by atoms with E-state index >= 15 is 0 Å². The van der Waals surface area contributed by atoms with Crippen molar-refractivity contribution < 1.29 is 0 Å². The summed E-state index contributed by atoms with van der Waals surface area (Å²) in [6.07, 6.45) is 2.55. The molecule has 4 heteroatoms. The van der Waals surface area contributed by atoms with Crippen molar-refractivity contribution in [2.24, 2.45) is 17.6 Å². The second-order valence-electron chi connectivity index (χ2n) is 6.03. The van der Waals surface area contributed by atoms with Crippen LogP contribution in [0.15, 0.2) is 22.7 Å². The summed E-state index contributed by atoms with van der Waals surface area (Å²) in [5, 5.41) is 0.759. The Morgan fingerprint density at radius 2 is 2.00 bits per heavy atom. The number of benzene rings is 1. The highest BCUT2D eigenvalue weighted by atomic mass is 79.9. The lowest BCUT2D eigenvalue weighted by Gasteiger charge is -2.39. The molecule has 1 aliphatic rings. The zero-order chi connectivity index (χ0) is 14.7. The fraction of sp³-hybridized carbons (Fsp3) is 0.625. The molecule has 112 valence electrons. The number of halogens is 2. The van der Waals surface area contributed by atoms with Crippen molar-refractivity contribution in [3.63, 3.8) is 0 Å². The van der Waals surface area contributed by atoms with Gasteiger partial charge in [-0.2, -0.15) is 0 Å². The topological polar surface area (TPSA) is 29.3 Å². The van der Waals surface area contributed by atoms with E-state index in [-0.39, 0.29) is 6.04 Å². The Morgan fingerprint density at radius 3 is 2.50 bits per heavy atom. The molecule has 0 amide bonds. The van der Waals surface area contributed by atoms with Crippen molar-refractivity contribution >= 4 is 27.5 Å². The summed E-state index contributed by atoms with van der Waals surface area (Å²) in [6, 6.07) is 6.29. The van der Waals surface area contributed by atoms with Gasteiger partial charge in [0.15, 0.2) is 0 Å². The van der Waals surface area contributed by atoms with Crippen LogP contribution in [0.5, 0.6) is 0 Å². The first-order chi connectivity index (χ1) is 9.52. The minimum absolute atomic E-state index is 0.287. The number of piperidine rings is 1. The van der Waals surface area contributed by atoms with Gasteiger partial charge in [-0.05, 0) is 55.5 Å². The van der Waals surface area contributed by atoms with Crippen molar-refractivity contribution in [2.45, 2.75) is 32.7 Å². The molecule has 1 aliphatic heterocycles. The monoisotopic (exact) mass is 358 g/mol. The first-order valence-electron chi connectivity index (χ1n) is 7.42. The van der Waals surface area contributed by atoms with Crippen molar-refractivity contribution in [2.75, 3.05) is 19.6 Å². The average molecular weight is 360 g/mol. The van der Waals surface area contributed by atoms with Crippen LogP contribution in [0, 0.1) is 11.8 Å². The lowest BCUT2D eigenvalue weighted by atomic mass is 9.86. The molecule has 1 aromatic rings. The van der Waals surface area contributed by atoms with E-state index < -0.39 is 0 Å². The molecule has 2 N–H and O–H groups in total. The molecule has 0 bridgehead atoms. The van der Waals surface area contributed by atoms with Crippen LogP contribution in [-0.2, 0) is 0 Å². The Kier molecular flexibility index (Phi) is 5.91. The molecule has 1 aromatic carbocycles. The summed E-state index contributed by atoms with van der Waals surface area (Å²) in [7, 11) is 0. The fourth-order valence-corrected chi connectivity index (χ4v) is 4.09. The molecule has 1 saturated heterocycles. The Balaban J connectivity index is 2.09. The molecular formula is C16H24BrClN2. The standard InChI is InChI=1S/C16H24BrClN2/c1-11(2)12-5-7-20(8-6-12)16(10-19)14-4-3-13(18)9-15(14)17/h3-4,9,11-12,16H,5-8,10,19H2,1-2H3. The Labute approximate surface area is 135 Å². The third kappa shape index (κ3) is 3.76. The average Bonchev–Trinajstić information content (AvgIpc) is 2.42. The lowest BCUT2D eigenvalue weighted by molar-refractivity contribution is 0.117. The van der Waals surface area contributed by atoms with Crippen molar-refractivity contribution in [3.8, 4) is 0 Å². The van der Waals surface area contributed by atoms with E-state index in [1.54, 1.807) is 0 Å².